The highest BCUT2D eigenvalue weighted by Crippen LogP contribution is 2.03. The van der Waals surface area contributed by atoms with Crippen LogP contribution in [0.15, 0.2) is 18.3 Å². The summed E-state index contributed by atoms with van der Waals surface area (Å²) in [6, 6.07) is 5.63. The van der Waals surface area contributed by atoms with Gasteiger partial charge in [0.2, 0.25) is 0 Å². The van der Waals surface area contributed by atoms with Crippen LogP contribution in [0.1, 0.15) is 18.9 Å². The minimum atomic E-state index is 0.591. The zero-order valence-corrected chi connectivity index (χ0v) is 8.95. The summed E-state index contributed by atoms with van der Waals surface area (Å²) in [7, 11) is 0. The van der Waals surface area contributed by atoms with Gasteiger partial charge in [-0.3, -0.25) is 0 Å². The zero-order valence-electron chi connectivity index (χ0n) is 8.95. The summed E-state index contributed by atoms with van der Waals surface area (Å²) in [4.78, 5) is 4.11. The van der Waals surface area contributed by atoms with Crippen molar-refractivity contribution >= 4 is 5.82 Å². The molecule has 15 heavy (non-hydrogen) atoms. The molecule has 1 aromatic heterocycles. The number of pyridine rings is 1. The lowest BCUT2D eigenvalue weighted by atomic mass is 10.3. The van der Waals surface area contributed by atoms with Crippen molar-refractivity contribution in [1.82, 2.24) is 10.3 Å². The molecule has 0 radical (unpaired) electrons. The van der Waals surface area contributed by atoms with Gasteiger partial charge >= 0.3 is 0 Å². The fraction of sp³-hybridized carbons (Fsp3) is 0.455. The molecule has 0 fully saturated rings. The average molecular weight is 204 g/mol. The van der Waals surface area contributed by atoms with Gasteiger partial charge in [0, 0.05) is 12.7 Å². The van der Waals surface area contributed by atoms with Crippen LogP contribution in [0.25, 0.3) is 0 Å². The molecule has 0 bridgehead atoms. The van der Waals surface area contributed by atoms with E-state index in [1.54, 1.807) is 12.3 Å². The Bertz CT molecular complexity index is 312. The highest BCUT2D eigenvalue weighted by atomic mass is 15.0. The van der Waals surface area contributed by atoms with Gasteiger partial charge in [-0.05, 0) is 31.6 Å². The van der Waals surface area contributed by atoms with Crippen LogP contribution < -0.4 is 10.6 Å². The molecule has 4 nitrogen and oxygen atoms in total. The van der Waals surface area contributed by atoms with E-state index in [4.69, 9.17) is 5.26 Å². The summed E-state index contributed by atoms with van der Waals surface area (Å²) in [5.41, 5.74) is 0.591. The predicted octanol–water partition coefficient (Wildman–Crippen LogP) is 1.36. The first-order chi connectivity index (χ1) is 7.36. The van der Waals surface area contributed by atoms with Gasteiger partial charge in [-0.2, -0.15) is 5.26 Å². The van der Waals surface area contributed by atoms with Gasteiger partial charge < -0.3 is 10.6 Å². The van der Waals surface area contributed by atoms with Crippen LogP contribution in [0.5, 0.6) is 0 Å². The molecule has 0 spiro atoms. The van der Waals surface area contributed by atoms with Crippen molar-refractivity contribution in [1.29, 1.82) is 5.26 Å². The normalized spacial score (nSPS) is 9.60. The molecule has 2 N–H and O–H groups in total. The second-order valence-electron chi connectivity index (χ2n) is 3.18. The summed E-state index contributed by atoms with van der Waals surface area (Å²) in [5.74, 6) is 0.825. The van der Waals surface area contributed by atoms with E-state index in [0.717, 1.165) is 31.9 Å². The highest BCUT2D eigenvalue weighted by Gasteiger charge is 1.93. The Balaban J connectivity index is 2.23. The van der Waals surface area contributed by atoms with Crippen LogP contribution in [0, 0.1) is 11.3 Å². The number of hydrogen-bond acceptors (Lipinski definition) is 4. The third-order valence-corrected chi connectivity index (χ3v) is 1.98. The lowest BCUT2D eigenvalue weighted by Gasteiger charge is -2.05. The predicted molar refractivity (Wildman–Crippen MR) is 60.6 cm³/mol. The van der Waals surface area contributed by atoms with E-state index in [2.05, 4.69) is 22.5 Å². The van der Waals surface area contributed by atoms with Gasteiger partial charge in [-0.25, -0.2) is 4.98 Å². The molecule has 0 aliphatic rings. The molecule has 0 aromatic carbocycles. The van der Waals surface area contributed by atoms with E-state index in [-0.39, 0.29) is 0 Å². The Morgan fingerprint density at radius 3 is 2.87 bits per heavy atom. The van der Waals surface area contributed by atoms with Crippen LogP contribution in [0.4, 0.5) is 5.82 Å². The van der Waals surface area contributed by atoms with Crippen molar-refractivity contribution in [3.8, 4) is 6.07 Å². The van der Waals surface area contributed by atoms with E-state index >= 15 is 0 Å². The smallest absolute Gasteiger partial charge is 0.125 e. The van der Waals surface area contributed by atoms with Crippen molar-refractivity contribution in [3.05, 3.63) is 23.9 Å². The van der Waals surface area contributed by atoms with E-state index < -0.39 is 0 Å². The van der Waals surface area contributed by atoms with Gasteiger partial charge in [0.1, 0.15) is 11.9 Å². The largest absolute Gasteiger partial charge is 0.370 e. The lowest BCUT2D eigenvalue weighted by Crippen LogP contribution is -2.17. The summed E-state index contributed by atoms with van der Waals surface area (Å²) in [6.45, 7) is 5.01. The van der Waals surface area contributed by atoms with Crippen LogP contribution in [0.2, 0.25) is 0 Å². The maximum absolute atomic E-state index is 8.58. The van der Waals surface area contributed by atoms with Gasteiger partial charge in [0.25, 0.3) is 0 Å². The molecular weight excluding hydrogens is 188 g/mol. The van der Waals surface area contributed by atoms with Gasteiger partial charge in [-0.15, -0.1) is 0 Å². The molecule has 0 saturated heterocycles. The van der Waals surface area contributed by atoms with Gasteiger partial charge in [0.15, 0.2) is 0 Å². The molecule has 1 rings (SSSR count). The molecule has 0 atom stereocenters. The number of nitrogens with zero attached hydrogens (tertiary/aromatic N) is 2. The Labute approximate surface area is 90.3 Å². The molecule has 0 aliphatic heterocycles. The maximum Gasteiger partial charge on any atom is 0.125 e. The van der Waals surface area contributed by atoms with E-state index in [9.17, 15) is 0 Å². The van der Waals surface area contributed by atoms with E-state index in [1.165, 1.54) is 0 Å². The first-order valence-corrected chi connectivity index (χ1v) is 5.17. The van der Waals surface area contributed by atoms with Crippen LogP contribution in [-0.4, -0.2) is 24.6 Å². The molecule has 0 saturated carbocycles. The topological polar surface area (TPSA) is 60.7 Å². The van der Waals surface area contributed by atoms with Gasteiger partial charge in [0.05, 0.1) is 5.56 Å². The quantitative estimate of drug-likeness (QED) is 0.687. The molecule has 1 aromatic rings. The summed E-state index contributed by atoms with van der Waals surface area (Å²) in [6.07, 6.45) is 2.64. The Hall–Kier alpha value is -1.60. The number of nitrogens with one attached hydrogen (secondary N) is 2. The standard InChI is InChI=1S/C11H16N4/c1-2-13-6-3-7-14-11-5-4-10(8-12)9-15-11/h4-5,9,13H,2-3,6-7H2,1H3,(H,14,15). The number of rotatable bonds is 6. The van der Waals surface area contributed by atoms with Crippen molar-refractivity contribution in [2.75, 3.05) is 25.0 Å². The highest BCUT2D eigenvalue weighted by molar-refractivity contribution is 5.38. The fourth-order valence-corrected chi connectivity index (χ4v) is 1.17. The maximum atomic E-state index is 8.58. The van der Waals surface area contributed by atoms with Crippen LogP contribution in [0.3, 0.4) is 0 Å². The molecular formula is C11H16N4. The molecule has 0 amide bonds. The monoisotopic (exact) mass is 204 g/mol. The first kappa shape index (κ1) is 11.5. The van der Waals surface area contributed by atoms with E-state index in [0.29, 0.717) is 5.56 Å². The summed E-state index contributed by atoms with van der Waals surface area (Å²) >= 11 is 0. The zero-order chi connectivity index (χ0) is 10.9. The first-order valence-electron chi connectivity index (χ1n) is 5.17. The van der Waals surface area contributed by atoms with Crippen LogP contribution in [-0.2, 0) is 0 Å². The fourth-order valence-electron chi connectivity index (χ4n) is 1.17. The molecule has 80 valence electrons. The molecule has 0 aliphatic carbocycles. The molecule has 1 heterocycles. The average Bonchev–Trinajstić information content (AvgIpc) is 2.30. The Kier molecular flexibility index (Phi) is 5.20. The minimum Gasteiger partial charge on any atom is -0.370 e. The van der Waals surface area contributed by atoms with Crippen molar-refractivity contribution in [2.24, 2.45) is 0 Å². The number of nitriles is 1. The van der Waals surface area contributed by atoms with Gasteiger partial charge in [-0.1, -0.05) is 6.92 Å². The SMILES string of the molecule is CCNCCCNc1ccc(C#N)cn1. The summed E-state index contributed by atoms with van der Waals surface area (Å²) in [5, 5.41) is 15.0. The minimum absolute atomic E-state index is 0.591. The third-order valence-electron chi connectivity index (χ3n) is 1.98. The Morgan fingerprint density at radius 2 is 2.27 bits per heavy atom. The third kappa shape index (κ3) is 4.43. The summed E-state index contributed by atoms with van der Waals surface area (Å²) < 4.78 is 0. The number of hydrogen-bond donors (Lipinski definition) is 2. The molecule has 0 unspecified atom stereocenters. The number of aromatic nitrogens is 1. The van der Waals surface area contributed by atoms with Crippen molar-refractivity contribution in [2.45, 2.75) is 13.3 Å². The Morgan fingerprint density at radius 1 is 1.40 bits per heavy atom. The van der Waals surface area contributed by atoms with Crippen LogP contribution >= 0.6 is 0 Å². The second-order valence-corrected chi connectivity index (χ2v) is 3.18. The second kappa shape index (κ2) is 6.80. The molecule has 4 heteroatoms. The number of anilines is 1. The van der Waals surface area contributed by atoms with E-state index in [1.807, 2.05) is 12.1 Å². The lowest BCUT2D eigenvalue weighted by molar-refractivity contribution is 0.688. The van der Waals surface area contributed by atoms with Crippen molar-refractivity contribution in [3.63, 3.8) is 0 Å². The van der Waals surface area contributed by atoms with Crippen molar-refractivity contribution < 1.29 is 0 Å².